The molecule has 0 radical (unpaired) electrons. The third-order valence-electron chi connectivity index (χ3n) is 4.62. The monoisotopic (exact) mass is 459 g/mol. The van der Waals surface area contributed by atoms with E-state index in [0.717, 1.165) is 26.3 Å². The van der Waals surface area contributed by atoms with Crippen molar-refractivity contribution in [1.82, 2.24) is 0 Å². The van der Waals surface area contributed by atoms with Crippen LogP contribution in [0.4, 0.5) is 0 Å². The summed E-state index contributed by atoms with van der Waals surface area (Å²) in [6.07, 6.45) is -3.12. The summed E-state index contributed by atoms with van der Waals surface area (Å²) < 4.78 is 21.8. The van der Waals surface area contributed by atoms with Gasteiger partial charge in [-0.25, -0.2) is 0 Å². The van der Waals surface area contributed by atoms with E-state index in [1.807, 2.05) is 30.3 Å². The van der Waals surface area contributed by atoms with Crippen molar-refractivity contribution in [3.8, 4) is 0 Å². The Labute approximate surface area is 190 Å². The Balaban J connectivity index is 2.35. The first-order valence-electron chi connectivity index (χ1n) is 10.1. The van der Waals surface area contributed by atoms with Gasteiger partial charge in [0.1, 0.15) is 12.2 Å². The first kappa shape index (κ1) is 25.6. The summed E-state index contributed by atoms with van der Waals surface area (Å²) >= 11 is 0. The molecule has 0 spiro atoms. The summed E-state index contributed by atoms with van der Waals surface area (Å²) in [5, 5.41) is 3.46. The molecular weight excluding hydrogens is 434 g/mol. The zero-order valence-electron chi connectivity index (χ0n) is 18.5. The molecule has 1 aliphatic heterocycles. The quantitative estimate of drug-likeness (QED) is 0.136. The van der Waals surface area contributed by atoms with Crippen LogP contribution in [0.1, 0.15) is 32.8 Å². The second-order valence-electron chi connectivity index (χ2n) is 7.26. The van der Waals surface area contributed by atoms with Crippen molar-refractivity contribution in [2.45, 2.75) is 57.7 Å². The third kappa shape index (κ3) is 8.06. The Hall–Kier alpha value is -3.69. The van der Waals surface area contributed by atoms with E-state index in [0.29, 0.717) is 0 Å². The number of ether oxygens (including phenoxy) is 4. The molecule has 33 heavy (non-hydrogen) atoms. The predicted octanol–water partition coefficient (Wildman–Crippen LogP) is 2.53. The van der Waals surface area contributed by atoms with E-state index in [9.17, 15) is 19.2 Å². The standard InChI is InChI=1S/C22H25N3O8/c1-13(26)30-20-18(11-17(29)10-9-16-7-5-4-6-8-16)33-19(12-24-25-23)21(31-14(2)27)22(20)32-15(3)28/h4-10,18-22H,11-12H2,1-3H3/b10-9+/t18-,19-,20-,21-,22-/m1/s1. The zero-order chi connectivity index (χ0) is 24.4. The fourth-order valence-corrected chi connectivity index (χ4v) is 3.43. The van der Waals surface area contributed by atoms with Gasteiger partial charge in [0.15, 0.2) is 24.1 Å². The molecular formula is C22H25N3O8. The van der Waals surface area contributed by atoms with Crippen LogP contribution in [-0.4, -0.2) is 60.8 Å². The second kappa shape index (κ2) is 12.4. The minimum absolute atomic E-state index is 0.237. The number of benzene rings is 1. The molecule has 1 aliphatic rings. The average molecular weight is 459 g/mol. The first-order chi connectivity index (χ1) is 15.7. The van der Waals surface area contributed by atoms with E-state index in [1.165, 1.54) is 6.08 Å². The average Bonchev–Trinajstić information content (AvgIpc) is 2.75. The van der Waals surface area contributed by atoms with Crippen molar-refractivity contribution >= 4 is 29.8 Å². The van der Waals surface area contributed by atoms with Crippen molar-refractivity contribution in [2.75, 3.05) is 6.54 Å². The normalized spacial score (nSPS) is 24.4. The Kier molecular flexibility index (Phi) is 9.59. The molecule has 1 heterocycles. The molecule has 1 aromatic rings. The molecule has 1 fully saturated rings. The van der Waals surface area contributed by atoms with E-state index in [2.05, 4.69) is 10.0 Å². The van der Waals surface area contributed by atoms with Crippen LogP contribution in [-0.2, 0) is 38.1 Å². The van der Waals surface area contributed by atoms with Gasteiger partial charge in [0.25, 0.3) is 0 Å². The van der Waals surface area contributed by atoms with Gasteiger partial charge in [0.05, 0.1) is 6.54 Å². The highest BCUT2D eigenvalue weighted by atomic mass is 16.6. The number of allylic oxidation sites excluding steroid dienone is 1. The molecule has 2 rings (SSSR count). The van der Waals surface area contributed by atoms with Gasteiger partial charge >= 0.3 is 17.9 Å². The van der Waals surface area contributed by atoms with Gasteiger partial charge in [-0.3, -0.25) is 19.2 Å². The van der Waals surface area contributed by atoms with Crippen molar-refractivity contribution < 1.29 is 38.1 Å². The molecule has 1 saturated heterocycles. The van der Waals surface area contributed by atoms with Gasteiger partial charge in [-0.05, 0) is 17.2 Å². The number of azide groups is 1. The van der Waals surface area contributed by atoms with Crippen molar-refractivity contribution in [3.05, 3.63) is 52.4 Å². The maximum Gasteiger partial charge on any atom is 0.303 e. The summed E-state index contributed by atoms with van der Waals surface area (Å²) in [6, 6.07) is 9.13. The summed E-state index contributed by atoms with van der Waals surface area (Å²) in [4.78, 5) is 50.6. The maximum absolute atomic E-state index is 12.6. The topological polar surface area (TPSA) is 154 Å². The number of hydrogen-bond donors (Lipinski definition) is 0. The second-order valence-corrected chi connectivity index (χ2v) is 7.26. The number of carbonyl (C=O) groups is 4. The van der Waals surface area contributed by atoms with Crippen LogP contribution in [0.2, 0.25) is 0 Å². The number of rotatable bonds is 9. The van der Waals surface area contributed by atoms with Crippen LogP contribution in [0.3, 0.4) is 0 Å². The van der Waals surface area contributed by atoms with Gasteiger partial charge in [-0.15, -0.1) is 0 Å². The van der Waals surface area contributed by atoms with Crippen molar-refractivity contribution in [1.29, 1.82) is 0 Å². The third-order valence-corrected chi connectivity index (χ3v) is 4.62. The lowest BCUT2D eigenvalue weighted by Crippen LogP contribution is -2.62. The van der Waals surface area contributed by atoms with E-state index in [4.69, 9.17) is 24.5 Å². The summed E-state index contributed by atoms with van der Waals surface area (Å²) in [7, 11) is 0. The molecule has 0 bridgehead atoms. The molecule has 0 aromatic heterocycles. The van der Waals surface area contributed by atoms with Crippen LogP contribution in [0, 0.1) is 0 Å². The number of esters is 3. The first-order valence-corrected chi connectivity index (χ1v) is 10.1. The number of carbonyl (C=O) groups excluding carboxylic acids is 4. The van der Waals surface area contributed by atoms with Crippen LogP contribution in [0.25, 0.3) is 16.5 Å². The van der Waals surface area contributed by atoms with Crippen molar-refractivity contribution in [2.24, 2.45) is 5.11 Å². The minimum atomic E-state index is -1.28. The van der Waals surface area contributed by atoms with E-state index in [-0.39, 0.29) is 18.7 Å². The lowest BCUT2D eigenvalue weighted by atomic mass is 9.91. The Morgan fingerprint density at radius 3 is 2.03 bits per heavy atom. The molecule has 0 N–H and O–H groups in total. The fourth-order valence-electron chi connectivity index (χ4n) is 3.43. The molecule has 0 saturated carbocycles. The van der Waals surface area contributed by atoms with E-state index >= 15 is 0 Å². The smallest absolute Gasteiger partial charge is 0.303 e. The number of ketones is 1. The largest absolute Gasteiger partial charge is 0.456 e. The molecule has 1 aromatic carbocycles. The SMILES string of the molecule is CC(=O)O[C@H]1[C@H](OC(C)=O)[C@@H](CN=[N+]=[N-])O[C@H](CC(=O)/C=C/c2ccccc2)[C@H]1OC(C)=O. The highest BCUT2D eigenvalue weighted by molar-refractivity contribution is 5.94. The number of nitrogens with zero attached hydrogens (tertiary/aromatic N) is 3. The van der Waals surface area contributed by atoms with Crippen molar-refractivity contribution in [3.63, 3.8) is 0 Å². The van der Waals surface area contributed by atoms with Gasteiger partial charge in [0.2, 0.25) is 0 Å². The minimum Gasteiger partial charge on any atom is -0.456 e. The summed E-state index contributed by atoms with van der Waals surface area (Å²) in [5.74, 6) is -2.51. The van der Waals surface area contributed by atoms with Crippen LogP contribution >= 0.6 is 0 Å². The van der Waals surface area contributed by atoms with E-state index in [1.54, 1.807) is 6.08 Å². The highest BCUT2D eigenvalue weighted by Gasteiger charge is 2.51. The molecule has 176 valence electrons. The predicted molar refractivity (Wildman–Crippen MR) is 114 cm³/mol. The Morgan fingerprint density at radius 2 is 1.48 bits per heavy atom. The lowest BCUT2D eigenvalue weighted by molar-refractivity contribution is -0.244. The zero-order valence-corrected chi connectivity index (χ0v) is 18.5. The van der Waals surface area contributed by atoms with Gasteiger partial charge in [-0.2, -0.15) is 0 Å². The van der Waals surface area contributed by atoms with Gasteiger partial charge < -0.3 is 18.9 Å². The van der Waals surface area contributed by atoms with Crippen LogP contribution in [0.5, 0.6) is 0 Å². The number of hydrogen-bond acceptors (Lipinski definition) is 9. The molecule has 0 amide bonds. The molecule has 0 unspecified atom stereocenters. The molecule has 11 nitrogen and oxygen atoms in total. The summed E-state index contributed by atoms with van der Waals surface area (Å²) in [6.45, 7) is 3.14. The van der Waals surface area contributed by atoms with Crippen LogP contribution < -0.4 is 0 Å². The maximum atomic E-state index is 12.6. The molecule has 0 aliphatic carbocycles. The van der Waals surface area contributed by atoms with Crippen LogP contribution in [0.15, 0.2) is 41.5 Å². The molecule has 5 atom stereocenters. The molecule has 11 heteroatoms. The van der Waals surface area contributed by atoms with E-state index < -0.39 is 48.4 Å². The lowest BCUT2D eigenvalue weighted by Gasteiger charge is -2.44. The fraction of sp³-hybridized carbons (Fsp3) is 0.455. The summed E-state index contributed by atoms with van der Waals surface area (Å²) in [5.41, 5.74) is 9.52. The Bertz CT molecular complexity index is 942. The Morgan fingerprint density at radius 1 is 0.939 bits per heavy atom. The van der Waals surface area contributed by atoms with Gasteiger partial charge in [-0.1, -0.05) is 41.5 Å². The highest BCUT2D eigenvalue weighted by Crippen LogP contribution is 2.31. The van der Waals surface area contributed by atoms with Gasteiger partial charge in [0, 0.05) is 32.1 Å².